The van der Waals surface area contributed by atoms with E-state index in [0.717, 1.165) is 64.8 Å². The van der Waals surface area contributed by atoms with Gasteiger partial charge >= 0.3 is 0 Å². The van der Waals surface area contributed by atoms with E-state index in [1.165, 1.54) is 6.20 Å². The Morgan fingerprint density at radius 1 is 1.02 bits per heavy atom. The van der Waals surface area contributed by atoms with Crippen LogP contribution in [0.4, 0.5) is 0 Å². The summed E-state index contributed by atoms with van der Waals surface area (Å²) in [6, 6.07) is 10.0. The van der Waals surface area contributed by atoms with Crippen LogP contribution in [0.2, 0.25) is 0 Å². The average molecular weight is 731 g/mol. The molecule has 1 aromatic carbocycles. The largest absolute Gasteiger partial charge is 0.790 e. The van der Waals surface area contributed by atoms with E-state index in [4.69, 9.17) is 4.84 Å². The van der Waals surface area contributed by atoms with Crippen LogP contribution in [0.5, 0.6) is 0 Å². The Balaban J connectivity index is 0.000000535. The van der Waals surface area contributed by atoms with Crippen LogP contribution in [-0.4, -0.2) is 59.7 Å². The van der Waals surface area contributed by atoms with Gasteiger partial charge in [0.2, 0.25) is 5.69 Å². The van der Waals surface area contributed by atoms with Gasteiger partial charge in [-0.3, -0.25) is 9.69 Å². The van der Waals surface area contributed by atoms with Crippen molar-refractivity contribution in [3.05, 3.63) is 68.6 Å². The number of oxime groups is 1. The van der Waals surface area contributed by atoms with Crippen molar-refractivity contribution in [1.29, 1.82) is 0 Å². The molecule has 17 heteroatoms. The molecule has 0 radical (unpaired) electrons. The number of likely N-dealkylation sites (tertiary alicyclic amines) is 2. The smallest absolute Gasteiger partial charge is 0.260 e. The Hall–Kier alpha value is -2.19. The van der Waals surface area contributed by atoms with Gasteiger partial charge in [0.15, 0.2) is 6.20 Å². The quantitative estimate of drug-likeness (QED) is 0.125. The molecule has 14 nitrogen and oxygen atoms in total. The second-order valence-corrected chi connectivity index (χ2v) is 14.6. The highest BCUT2D eigenvalue weighted by molar-refractivity contribution is 9.10. The monoisotopic (exact) mass is 730 g/mol. The highest BCUT2D eigenvalue weighted by Crippen LogP contribution is 2.42. The summed E-state index contributed by atoms with van der Waals surface area (Å²) in [4.78, 5) is 60.6. The molecule has 0 saturated carbocycles. The fourth-order valence-electron chi connectivity index (χ4n) is 5.69. The van der Waals surface area contributed by atoms with Crippen LogP contribution >= 0.6 is 31.6 Å². The first-order valence-corrected chi connectivity index (χ1v) is 18.1. The molecule has 1 aromatic heterocycles. The predicted octanol–water partition coefficient (Wildman–Crippen LogP) is 1.51. The Morgan fingerprint density at radius 3 is 2.07 bits per heavy atom. The topological polar surface area (TPSA) is 208 Å². The van der Waals surface area contributed by atoms with Crippen molar-refractivity contribution in [1.82, 2.24) is 9.80 Å². The summed E-state index contributed by atoms with van der Waals surface area (Å²) in [5.74, 6) is 0.337. The molecule has 1 amide bonds. The number of benzene rings is 1. The third-order valence-corrected chi connectivity index (χ3v) is 10.3. The van der Waals surface area contributed by atoms with Gasteiger partial charge in [-0.15, -0.1) is 0 Å². The molecule has 0 N–H and O–H groups in total. The minimum absolute atomic E-state index is 0.0257. The molecular formula is C28H37BrN4O10P2-4. The fraction of sp³-hybridized carbons (Fsp3) is 0.536. The Bertz CT molecular complexity index is 1430. The average Bonchev–Trinajstić information content (AvgIpc) is 2.95. The van der Waals surface area contributed by atoms with Crippen LogP contribution in [0.1, 0.15) is 66.7 Å². The van der Waals surface area contributed by atoms with E-state index in [2.05, 4.69) is 61.5 Å². The number of piperidine rings is 2. The van der Waals surface area contributed by atoms with Crippen LogP contribution in [0.25, 0.3) is 0 Å². The maximum Gasteiger partial charge on any atom is 0.260 e. The lowest BCUT2D eigenvalue weighted by Crippen LogP contribution is -2.57. The number of phosphoric acid groups is 2. The molecule has 2 aliphatic rings. The summed E-state index contributed by atoms with van der Waals surface area (Å²) in [5.41, 5.74) is 4.11. The van der Waals surface area contributed by atoms with Crippen molar-refractivity contribution in [3.63, 3.8) is 0 Å². The molecule has 2 fully saturated rings. The van der Waals surface area contributed by atoms with E-state index in [0.29, 0.717) is 36.9 Å². The zero-order valence-corrected chi connectivity index (χ0v) is 28.9. The zero-order valence-electron chi connectivity index (χ0n) is 25.5. The van der Waals surface area contributed by atoms with Crippen molar-refractivity contribution in [3.8, 4) is 0 Å². The summed E-state index contributed by atoms with van der Waals surface area (Å²) in [6.45, 7) is 11.9. The van der Waals surface area contributed by atoms with Crippen LogP contribution < -0.4 is 24.3 Å². The number of aryl methyl sites for hydroxylation is 1. The molecule has 0 aliphatic carbocycles. The molecule has 3 heterocycles. The van der Waals surface area contributed by atoms with Crippen molar-refractivity contribution in [2.45, 2.75) is 58.9 Å². The van der Waals surface area contributed by atoms with E-state index >= 15 is 0 Å². The van der Waals surface area contributed by atoms with E-state index in [9.17, 15) is 38.7 Å². The number of carbonyl (C=O) groups excluding carboxylic acids is 1. The van der Waals surface area contributed by atoms with Crippen molar-refractivity contribution >= 4 is 43.2 Å². The van der Waals surface area contributed by atoms with Crippen molar-refractivity contribution in [2.75, 3.05) is 32.8 Å². The second kappa shape index (κ2) is 15.6. The van der Waals surface area contributed by atoms with E-state index in [1.54, 1.807) is 13.0 Å². The molecule has 45 heavy (non-hydrogen) atoms. The molecule has 0 unspecified atom stereocenters. The van der Waals surface area contributed by atoms with Crippen LogP contribution in [0.3, 0.4) is 0 Å². The van der Waals surface area contributed by atoms with Gasteiger partial charge in [0.05, 0.1) is 21.4 Å². The van der Waals surface area contributed by atoms with Gasteiger partial charge in [-0.25, -0.2) is 0 Å². The molecule has 250 valence electrons. The number of aromatic nitrogens is 1. The third kappa shape index (κ3) is 10.7. The number of amides is 1. The van der Waals surface area contributed by atoms with Crippen molar-refractivity contribution < 1.29 is 47.4 Å². The molecule has 4 rings (SSSR count). The van der Waals surface area contributed by atoms with Crippen molar-refractivity contribution in [2.24, 2.45) is 11.1 Å². The normalized spacial score (nSPS) is 18.2. The van der Waals surface area contributed by atoms with Crippen LogP contribution in [0.15, 0.2) is 46.2 Å². The summed E-state index contributed by atoms with van der Waals surface area (Å²) in [6.07, 6.45) is 5.40. The maximum atomic E-state index is 13.3. The number of pyridine rings is 1. The standard InChI is InChI=1S/C28H37BrN4O3.H4O7P2/c1-5-36-30-26(22-6-8-24(29)9-7-22)23-11-15-32(16-12-23)28(4)13-18-31(19-14-28)27(34)25-20(2)10-17-33(35)21(25)3;1-8(2,3)7-9(4,5)6/h6-10,17,23H,5,11-16,18-19H2,1-4H3;(H2,1,2,3)(H2,4,5,6)/p-4/b30-26-;. The van der Waals surface area contributed by atoms with Gasteiger partial charge in [0.1, 0.15) is 12.2 Å². The number of halogens is 1. The molecule has 0 atom stereocenters. The van der Waals surface area contributed by atoms with Gasteiger partial charge < -0.3 is 48.0 Å². The van der Waals surface area contributed by atoms with Gasteiger partial charge in [0.25, 0.3) is 5.91 Å². The van der Waals surface area contributed by atoms with Gasteiger partial charge in [-0.1, -0.05) is 33.2 Å². The first kappa shape index (κ1) is 37.3. The molecular weight excluding hydrogens is 694 g/mol. The second-order valence-electron chi connectivity index (χ2n) is 11.2. The first-order chi connectivity index (χ1) is 20.9. The number of nitrogens with zero attached hydrogens (tertiary/aromatic N) is 4. The van der Waals surface area contributed by atoms with E-state index in [1.807, 2.05) is 18.7 Å². The summed E-state index contributed by atoms with van der Waals surface area (Å²) >= 11 is 3.52. The van der Waals surface area contributed by atoms with E-state index in [-0.39, 0.29) is 11.4 Å². The van der Waals surface area contributed by atoms with Crippen LogP contribution in [-0.2, 0) is 18.3 Å². The lowest BCUT2D eigenvalue weighted by molar-refractivity contribution is -0.612. The highest BCUT2D eigenvalue weighted by atomic mass is 79.9. The summed E-state index contributed by atoms with van der Waals surface area (Å²) in [7, 11) is -11.4. The van der Waals surface area contributed by atoms with Gasteiger partial charge in [-0.2, -0.15) is 4.73 Å². The molecule has 2 saturated heterocycles. The first-order valence-electron chi connectivity index (χ1n) is 14.4. The zero-order chi connectivity index (χ0) is 33.6. The minimum Gasteiger partial charge on any atom is -0.790 e. The number of carbonyl (C=O) groups is 1. The lowest BCUT2D eigenvalue weighted by Gasteiger charge is -2.49. The van der Waals surface area contributed by atoms with E-state index < -0.39 is 15.6 Å². The molecule has 2 aromatic rings. The number of rotatable bonds is 8. The number of hydrogen-bond donors (Lipinski definition) is 0. The molecule has 0 spiro atoms. The lowest BCUT2D eigenvalue weighted by atomic mass is 9.82. The molecule has 0 bridgehead atoms. The van der Waals surface area contributed by atoms with Gasteiger partial charge in [0, 0.05) is 42.0 Å². The summed E-state index contributed by atoms with van der Waals surface area (Å²) < 4.78 is 23.0. The third-order valence-electron chi connectivity index (χ3n) is 8.17. The maximum absolute atomic E-state index is 13.3. The SMILES string of the molecule is CCO/N=C(/c1ccc(Br)cc1)C1CCN(C2(C)CCN(C(=O)c3c(C)cc[n+]([O-])c3C)CC2)CC1.O=P([O-])([O-])OP(=O)([O-])[O-]. The predicted molar refractivity (Wildman–Crippen MR) is 161 cm³/mol. The number of hydrogen-bond acceptors (Lipinski definition) is 12. The summed E-state index contributed by atoms with van der Waals surface area (Å²) in [5, 5.41) is 16.6. The minimum atomic E-state index is -5.68. The highest BCUT2D eigenvalue weighted by Gasteiger charge is 2.40. The fourth-order valence-corrected chi connectivity index (χ4v) is 6.94. The molecule has 2 aliphatic heterocycles. The Labute approximate surface area is 271 Å². The Kier molecular flexibility index (Phi) is 12.9. The Morgan fingerprint density at radius 2 is 1.58 bits per heavy atom. The van der Waals surface area contributed by atoms with Gasteiger partial charge in [-0.05, 0) is 82.8 Å². The van der Waals surface area contributed by atoms with Crippen LogP contribution in [0, 0.1) is 25.0 Å².